The van der Waals surface area contributed by atoms with E-state index in [2.05, 4.69) is 23.2 Å². The molecule has 1 aliphatic rings. The van der Waals surface area contributed by atoms with Crippen LogP contribution in [0.15, 0.2) is 0 Å². The largest absolute Gasteiger partial charge is 0.304 e. The number of nitrogens with one attached hydrogen (secondary N) is 1. The summed E-state index contributed by atoms with van der Waals surface area (Å²) in [5, 5.41) is 11.8. The Labute approximate surface area is 80.7 Å². The van der Waals surface area contributed by atoms with E-state index in [-0.39, 0.29) is 6.04 Å². The van der Waals surface area contributed by atoms with Crippen molar-refractivity contribution in [2.45, 2.75) is 25.8 Å². The molecule has 0 spiro atoms. The Kier molecular flexibility index (Phi) is 4.20. The van der Waals surface area contributed by atoms with Crippen molar-refractivity contribution in [3.63, 3.8) is 0 Å². The second-order valence-corrected chi connectivity index (χ2v) is 3.95. The van der Waals surface area contributed by atoms with Crippen LogP contribution in [0.25, 0.3) is 0 Å². The molecule has 1 atom stereocenters. The van der Waals surface area contributed by atoms with Gasteiger partial charge in [0.1, 0.15) is 6.04 Å². The highest BCUT2D eigenvalue weighted by Crippen LogP contribution is 2.15. The van der Waals surface area contributed by atoms with E-state index in [9.17, 15) is 0 Å². The topological polar surface area (TPSA) is 39.1 Å². The van der Waals surface area contributed by atoms with Gasteiger partial charge >= 0.3 is 0 Å². The Morgan fingerprint density at radius 1 is 1.54 bits per heavy atom. The zero-order chi connectivity index (χ0) is 9.68. The molecule has 0 aromatic carbocycles. The summed E-state index contributed by atoms with van der Waals surface area (Å²) >= 11 is 0. The molecule has 13 heavy (non-hydrogen) atoms. The molecule has 1 rings (SSSR count). The molecular weight excluding hydrogens is 162 g/mol. The van der Waals surface area contributed by atoms with Gasteiger partial charge in [-0.3, -0.25) is 0 Å². The number of hydrogen-bond donors (Lipinski definition) is 1. The molecule has 0 aliphatic carbocycles. The first-order valence-electron chi connectivity index (χ1n) is 5.05. The fraction of sp³-hybridized carbons (Fsp3) is 0.900. The van der Waals surface area contributed by atoms with Gasteiger partial charge in [-0.05, 0) is 38.9 Å². The number of nitrogens with zero attached hydrogens (tertiary/aromatic N) is 2. The fourth-order valence-corrected chi connectivity index (χ4v) is 1.70. The van der Waals surface area contributed by atoms with Gasteiger partial charge < -0.3 is 10.2 Å². The van der Waals surface area contributed by atoms with E-state index in [4.69, 9.17) is 5.26 Å². The van der Waals surface area contributed by atoms with Crippen molar-refractivity contribution in [2.24, 2.45) is 5.92 Å². The van der Waals surface area contributed by atoms with E-state index in [1.807, 2.05) is 7.05 Å². The molecule has 1 saturated heterocycles. The molecule has 0 radical (unpaired) electrons. The molecule has 0 amide bonds. The lowest BCUT2D eigenvalue weighted by atomic mass is 9.99. The number of likely N-dealkylation sites (N-methyl/N-ethyl adjacent to an activating group) is 1. The molecular formula is C10H19N3. The quantitative estimate of drug-likeness (QED) is 0.701. The zero-order valence-corrected chi connectivity index (χ0v) is 8.58. The monoisotopic (exact) mass is 181 g/mol. The molecule has 1 heterocycles. The van der Waals surface area contributed by atoms with Crippen LogP contribution >= 0.6 is 0 Å². The minimum atomic E-state index is -0.00611. The first kappa shape index (κ1) is 10.5. The molecule has 1 unspecified atom stereocenters. The van der Waals surface area contributed by atoms with Gasteiger partial charge in [-0.1, -0.05) is 6.92 Å². The predicted octanol–water partition coefficient (Wildman–Crippen LogP) is 0.830. The van der Waals surface area contributed by atoms with E-state index in [1.54, 1.807) is 0 Å². The zero-order valence-electron chi connectivity index (χ0n) is 8.58. The standard InChI is InChI=1S/C10H19N3/c1-9-3-5-13(6-4-9)8-10(7-11)12-2/h9-10,12H,3-6,8H2,1-2H3. The summed E-state index contributed by atoms with van der Waals surface area (Å²) in [5.74, 6) is 0.867. The van der Waals surface area contributed by atoms with E-state index in [0.29, 0.717) is 0 Å². The Morgan fingerprint density at radius 3 is 2.62 bits per heavy atom. The van der Waals surface area contributed by atoms with Gasteiger partial charge in [-0.2, -0.15) is 5.26 Å². The van der Waals surface area contributed by atoms with Gasteiger partial charge in [-0.15, -0.1) is 0 Å². The third-order valence-electron chi connectivity index (χ3n) is 2.82. The van der Waals surface area contributed by atoms with Crippen molar-refractivity contribution in [3.05, 3.63) is 0 Å². The molecule has 3 heteroatoms. The van der Waals surface area contributed by atoms with Crippen molar-refractivity contribution in [1.29, 1.82) is 5.26 Å². The van der Waals surface area contributed by atoms with Crippen LogP contribution in [0.5, 0.6) is 0 Å². The number of hydrogen-bond acceptors (Lipinski definition) is 3. The molecule has 1 aliphatic heterocycles. The Bertz CT molecular complexity index is 177. The lowest BCUT2D eigenvalue weighted by molar-refractivity contribution is 0.185. The average molecular weight is 181 g/mol. The minimum Gasteiger partial charge on any atom is -0.304 e. The molecule has 0 aromatic heterocycles. The average Bonchev–Trinajstić information content (AvgIpc) is 2.17. The Hall–Kier alpha value is -0.590. The van der Waals surface area contributed by atoms with Gasteiger partial charge in [0.2, 0.25) is 0 Å². The first-order valence-corrected chi connectivity index (χ1v) is 5.05. The number of piperidine rings is 1. The number of likely N-dealkylation sites (tertiary alicyclic amines) is 1. The lowest BCUT2D eigenvalue weighted by Crippen LogP contribution is -2.42. The van der Waals surface area contributed by atoms with Gasteiger partial charge in [0.15, 0.2) is 0 Å². The van der Waals surface area contributed by atoms with Gasteiger partial charge in [0.25, 0.3) is 0 Å². The number of nitriles is 1. The third kappa shape index (κ3) is 3.33. The normalized spacial score (nSPS) is 22.5. The lowest BCUT2D eigenvalue weighted by Gasteiger charge is -2.31. The van der Waals surface area contributed by atoms with E-state index in [1.165, 1.54) is 12.8 Å². The van der Waals surface area contributed by atoms with Crippen molar-refractivity contribution in [1.82, 2.24) is 10.2 Å². The van der Waals surface area contributed by atoms with E-state index >= 15 is 0 Å². The summed E-state index contributed by atoms with van der Waals surface area (Å²) in [5.41, 5.74) is 0. The third-order valence-corrected chi connectivity index (χ3v) is 2.82. The van der Waals surface area contributed by atoms with Gasteiger partial charge in [0.05, 0.1) is 6.07 Å². The van der Waals surface area contributed by atoms with Crippen LogP contribution < -0.4 is 5.32 Å². The maximum Gasteiger partial charge on any atom is 0.108 e. The van der Waals surface area contributed by atoms with Crippen molar-refractivity contribution < 1.29 is 0 Å². The van der Waals surface area contributed by atoms with Crippen molar-refractivity contribution >= 4 is 0 Å². The van der Waals surface area contributed by atoms with Crippen LogP contribution in [-0.4, -0.2) is 37.6 Å². The van der Waals surface area contributed by atoms with Crippen LogP contribution in [0.1, 0.15) is 19.8 Å². The molecule has 0 saturated carbocycles. The summed E-state index contributed by atoms with van der Waals surface area (Å²) in [6.45, 7) is 5.49. The number of rotatable bonds is 3. The highest BCUT2D eigenvalue weighted by Gasteiger charge is 2.17. The van der Waals surface area contributed by atoms with Gasteiger partial charge in [0, 0.05) is 6.54 Å². The SMILES string of the molecule is CNC(C#N)CN1CCC(C)CC1. The van der Waals surface area contributed by atoms with Crippen LogP contribution in [-0.2, 0) is 0 Å². The second kappa shape index (κ2) is 5.21. The van der Waals surface area contributed by atoms with Crippen LogP contribution in [0.3, 0.4) is 0 Å². The van der Waals surface area contributed by atoms with Crippen LogP contribution in [0, 0.1) is 17.2 Å². The van der Waals surface area contributed by atoms with E-state index in [0.717, 1.165) is 25.6 Å². The van der Waals surface area contributed by atoms with E-state index < -0.39 is 0 Å². The second-order valence-electron chi connectivity index (χ2n) is 3.95. The van der Waals surface area contributed by atoms with Crippen molar-refractivity contribution in [2.75, 3.05) is 26.7 Å². The summed E-state index contributed by atoms with van der Waals surface area (Å²) in [7, 11) is 1.85. The van der Waals surface area contributed by atoms with Crippen LogP contribution in [0.4, 0.5) is 0 Å². The first-order chi connectivity index (χ1) is 6.26. The smallest absolute Gasteiger partial charge is 0.108 e. The van der Waals surface area contributed by atoms with Gasteiger partial charge in [-0.25, -0.2) is 0 Å². The summed E-state index contributed by atoms with van der Waals surface area (Å²) in [4.78, 5) is 2.38. The highest BCUT2D eigenvalue weighted by atomic mass is 15.1. The predicted molar refractivity (Wildman–Crippen MR) is 53.3 cm³/mol. The molecule has 1 N–H and O–H groups in total. The molecule has 74 valence electrons. The molecule has 3 nitrogen and oxygen atoms in total. The summed E-state index contributed by atoms with van der Waals surface area (Å²) in [6, 6.07) is 2.25. The Balaban J connectivity index is 2.26. The Morgan fingerprint density at radius 2 is 2.15 bits per heavy atom. The minimum absolute atomic E-state index is 0.00611. The summed E-state index contributed by atoms with van der Waals surface area (Å²) in [6.07, 6.45) is 2.56. The maximum atomic E-state index is 8.77. The molecule has 0 aromatic rings. The summed E-state index contributed by atoms with van der Waals surface area (Å²) < 4.78 is 0. The molecule has 1 fully saturated rings. The highest BCUT2D eigenvalue weighted by molar-refractivity contribution is 4.91. The van der Waals surface area contributed by atoms with Crippen LogP contribution in [0.2, 0.25) is 0 Å². The maximum absolute atomic E-state index is 8.77. The fourth-order valence-electron chi connectivity index (χ4n) is 1.70. The molecule has 0 bridgehead atoms. The van der Waals surface area contributed by atoms with Crippen molar-refractivity contribution in [3.8, 4) is 6.07 Å².